The summed E-state index contributed by atoms with van der Waals surface area (Å²) in [6, 6.07) is 12.2. The van der Waals surface area contributed by atoms with Crippen molar-refractivity contribution in [3.8, 4) is 0 Å². The number of likely N-dealkylation sites (N-methyl/N-ethyl adjacent to an activating group) is 1. The van der Waals surface area contributed by atoms with Crippen LogP contribution in [0.1, 0.15) is 5.69 Å². The molecule has 0 aliphatic carbocycles. The molecule has 0 unspecified atom stereocenters. The molecule has 26 heavy (non-hydrogen) atoms. The Morgan fingerprint density at radius 2 is 2.08 bits per heavy atom. The van der Waals surface area contributed by atoms with Gasteiger partial charge in [-0.1, -0.05) is 23.7 Å². The molecule has 1 amide bonds. The van der Waals surface area contributed by atoms with Gasteiger partial charge in [-0.05, 0) is 47.2 Å². The number of rotatable bonds is 5. The topological polar surface area (TPSA) is 66.7 Å². The number of nitrogens with zero attached hydrogens (tertiary/aromatic N) is 3. The summed E-state index contributed by atoms with van der Waals surface area (Å²) in [5, 5.41) is 3.31. The number of aromatic nitrogens is 2. The average Bonchev–Trinajstić information content (AvgIpc) is 2.57. The van der Waals surface area contributed by atoms with Crippen LogP contribution in [0, 0.1) is 0 Å². The molecule has 0 atom stereocenters. The number of halogens is 2. The van der Waals surface area contributed by atoms with E-state index in [-0.39, 0.29) is 18.0 Å². The van der Waals surface area contributed by atoms with Gasteiger partial charge in [0, 0.05) is 23.3 Å². The molecule has 0 aliphatic rings. The number of carbonyl (C=O) groups excluding carboxylic acids is 1. The van der Waals surface area contributed by atoms with Crippen LogP contribution in [0.15, 0.2) is 57.9 Å². The average molecular weight is 436 g/mol. The quantitative estimate of drug-likeness (QED) is 0.668. The van der Waals surface area contributed by atoms with Crippen LogP contribution < -0.4 is 10.9 Å². The third-order valence-electron chi connectivity index (χ3n) is 3.67. The maximum atomic E-state index is 12.2. The molecule has 0 radical (unpaired) electrons. The molecule has 0 fully saturated rings. The van der Waals surface area contributed by atoms with Crippen molar-refractivity contribution < 1.29 is 4.79 Å². The fourth-order valence-electron chi connectivity index (χ4n) is 2.54. The molecule has 3 rings (SSSR count). The Labute approximate surface area is 163 Å². The Morgan fingerprint density at radius 3 is 2.85 bits per heavy atom. The normalized spacial score (nSPS) is 11.1. The van der Waals surface area contributed by atoms with Crippen LogP contribution in [0.4, 0.5) is 5.69 Å². The van der Waals surface area contributed by atoms with Crippen molar-refractivity contribution in [3.63, 3.8) is 0 Å². The van der Waals surface area contributed by atoms with E-state index in [1.54, 1.807) is 24.1 Å². The number of para-hydroxylation sites is 1. The first kappa shape index (κ1) is 18.6. The summed E-state index contributed by atoms with van der Waals surface area (Å²) < 4.78 is 2.21. The van der Waals surface area contributed by atoms with E-state index in [9.17, 15) is 9.59 Å². The number of fused-ring (bicyclic) bond motifs is 1. The minimum Gasteiger partial charge on any atom is -0.324 e. The van der Waals surface area contributed by atoms with Gasteiger partial charge in [-0.15, -0.1) is 0 Å². The lowest BCUT2D eigenvalue weighted by atomic mass is 10.3. The fraction of sp³-hybridized carbons (Fsp3) is 0.167. The number of benzene rings is 1. The number of anilines is 1. The lowest BCUT2D eigenvalue weighted by Crippen LogP contribution is -2.30. The molecular weight excluding hydrogens is 420 g/mol. The SMILES string of the molecule is CN(CC(=O)Nc1ccccc1Br)Cc1cc(=O)n2cc(Cl)ccc2n1. The molecule has 8 heteroatoms. The highest BCUT2D eigenvalue weighted by Crippen LogP contribution is 2.21. The second-order valence-electron chi connectivity index (χ2n) is 5.86. The number of carbonyl (C=O) groups is 1. The summed E-state index contributed by atoms with van der Waals surface area (Å²) in [7, 11) is 1.80. The molecule has 0 spiro atoms. The van der Waals surface area contributed by atoms with E-state index >= 15 is 0 Å². The van der Waals surface area contributed by atoms with E-state index in [0.717, 1.165) is 4.47 Å². The minimum absolute atomic E-state index is 0.149. The number of pyridine rings is 1. The molecule has 2 heterocycles. The zero-order valence-corrected chi connectivity index (χ0v) is 16.3. The number of hydrogen-bond acceptors (Lipinski definition) is 4. The summed E-state index contributed by atoms with van der Waals surface area (Å²) in [4.78, 5) is 30.6. The van der Waals surface area contributed by atoms with E-state index in [0.29, 0.717) is 28.6 Å². The fourth-order valence-corrected chi connectivity index (χ4v) is 3.08. The van der Waals surface area contributed by atoms with Crippen molar-refractivity contribution in [1.82, 2.24) is 14.3 Å². The molecule has 0 bridgehead atoms. The lowest BCUT2D eigenvalue weighted by Gasteiger charge is -2.16. The van der Waals surface area contributed by atoms with Gasteiger partial charge in [0.2, 0.25) is 5.91 Å². The molecule has 1 N–H and O–H groups in total. The van der Waals surface area contributed by atoms with E-state index < -0.39 is 0 Å². The number of amides is 1. The molecule has 0 saturated carbocycles. The summed E-state index contributed by atoms with van der Waals surface area (Å²) in [5.74, 6) is -0.149. The van der Waals surface area contributed by atoms with Crippen molar-refractivity contribution in [2.24, 2.45) is 0 Å². The number of nitrogens with one attached hydrogen (secondary N) is 1. The van der Waals surface area contributed by atoms with E-state index in [2.05, 4.69) is 26.2 Å². The van der Waals surface area contributed by atoms with Crippen molar-refractivity contribution >= 4 is 44.8 Å². The standard InChI is InChI=1S/C18H16BrClN4O2/c1-23(11-17(25)22-15-5-3-2-4-14(15)19)10-13-8-18(26)24-9-12(20)6-7-16(24)21-13/h2-9H,10-11H2,1H3,(H,22,25). The molecule has 3 aromatic rings. The highest BCUT2D eigenvalue weighted by atomic mass is 79.9. The molecule has 1 aromatic carbocycles. The lowest BCUT2D eigenvalue weighted by molar-refractivity contribution is -0.117. The predicted molar refractivity (Wildman–Crippen MR) is 106 cm³/mol. The summed E-state index contributed by atoms with van der Waals surface area (Å²) in [6.45, 7) is 0.542. The monoisotopic (exact) mass is 434 g/mol. The largest absolute Gasteiger partial charge is 0.324 e. The van der Waals surface area contributed by atoms with Crippen LogP contribution in [0.2, 0.25) is 5.02 Å². The second kappa shape index (κ2) is 7.99. The summed E-state index contributed by atoms with van der Waals surface area (Å²) >= 11 is 9.30. The smallest absolute Gasteiger partial charge is 0.258 e. The maximum Gasteiger partial charge on any atom is 0.258 e. The van der Waals surface area contributed by atoms with Gasteiger partial charge >= 0.3 is 0 Å². The first-order chi connectivity index (χ1) is 12.4. The third kappa shape index (κ3) is 4.49. The first-order valence-corrected chi connectivity index (χ1v) is 9.00. The molecule has 134 valence electrons. The Balaban J connectivity index is 1.68. The highest BCUT2D eigenvalue weighted by molar-refractivity contribution is 9.10. The van der Waals surface area contributed by atoms with Gasteiger partial charge in [-0.2, -0.15) is 0 Å². The zero-order valence-electron chi connectivity index (χ0n) is 13.9. The van der Waals surface area contributed by atoms with Gasteiger partial charge in [-0.3, -0.25) is 18.9 Å². The van der Waals surface area contributed by atoms with Gasteiger partial charge < -0.3 is 5.32 Å². The van der Waals surface area contributed by atoms with Crippen LogP contribution in [-0.4, -0.2) is 33.8 Å². The van der Waals surface area contributed by atoms with Crippen molar-refractivity contribution in [2.45, 2.75) is 6.54 Å². The molecule has 2 aromatic heterocycles. The van der Waals surface area contributed by atoms with Gasteiger partial charge in [0.15, 0.2) is 0 Å². The van der Waals surface area contributed by atoms with Crippen LogP contribution in [0.3, 0.4) is 0 Å². The Morgan fingerprint density at radius 1 is 1.31 bits per heavy atom. The summed E-state index contributed by atoms with van der Waals surface area (Å²) in [6.07, 6.45) is 1.53. The van der Waals surface area contributed by atoms with E-state index in [1.165, 1.54) is 16.7 Å². The zero-order chi connectivity index (χ0) is 18.7. The molecule has 0 saturated heterocycles. The molecular formula is C18H16BrClN4O2. The van der Waals surface area contributed by atoms with Crippen LogP contribution in [0.25, 0.3) is 5.65 Å². The van der Waals surface area contributed by atoms with Crippen molar-refractivity contribution in [1.29, 1.82) is 0 Å². The van der Waals surface area contributed by atoms with Crippen LogP contribution in [0.5, 0.6) is 0 Å². The van der Waals surface area contributed by atoms with Crippen LogP contribution in [-0.2, 0) is 11.3 Å². The Hall–Kier alpha value is -2.22. The first-order valence-electron chi connectivity index (χ1n) is 7.83. The van der Waals surface area contributed by atoms with Gasteiger partial charge in [0.25, 0.3) is 5.56 Å². The summed E-state index contributed by atoms with van der Waals surface area (Å²) in [5.41, 5.74) is 1.61. The van der Waals surface area contributed by atoms with Gasteiger partial charge in [-0.25, -0.2) is 4.98 Å². The maximum absolute atomic E-state index is 12.2. The Bertz CT molecular complexity index is 1020. The number of hydrogen-bond donors (Lipinski definition) is 1. The van der Waals surface area contributed by atoms with Crippen molar-refractivity contribution in [2.75, 3.05) is 18.9 Å². The molecule has 0 aliphatic heterocycles. The van der Waals surface area contributed by atoms with E-state index in [4.69, 9.17) is 11.6 Å². The van der Waals surface area contributed by atoms with E-state index in [1.807, 2.05) is 24.3 Å². The minimum atomic E-state index is -0.210. The van der Waals surface area contributed by atoms with Gasteiger partial charge in [0.05, 0.1) is 22.9 Å². The molecule has 6 nitrogen and oxygen atoms in total. The third-order valence-corrected chi connectivity index (χ3v) is 4.59. The highest BCUT2D eigenvalue weighted by Gasteiger charge is 2.11. The second-order valence-corrected chi connectivity index (χ2v) is 7.15. The predicted octanol–water partition coefficient (Wildman–Crippen LogP) is 3.18. The Kier molecular flexibility index (Phi) is 5.70. The van der Waals surface area contributed by atoms with Crippen molar-refractivity contribution in [3.05, 3.63) is 74.2 Å². The van der Waals surface area contributed by atoms with Crippen LogP contribution >= 0.6 is 27.5 Å². The van der Waals surface area contributed by atoms with Gasteiger partial charge in [0.1, 0.15) is 5.65 Å².